The number of fused-ring (bicyclic) bond motifs is 1. The average molecular weight is 373 g/mol. The van der Waals surface area contributed by atoms with Gasteiger partial charge >= 0.3 is 0 Å². The van der Waals surface area contributed by atoms with E-state index in [1.54, 1.807) is 18.9 Å². The third kappa shape index (κ3) is 2.94. The molecule has 0 spiro atoms. The van der Waals surface area contributed by atoms with Gasteiger partial charge in [-0.2, -0.15) is 0 Å². The Balaban J connectivity index is 1.56. The minimum atomic E-state index is -0.168. The van der Waals surface area contributed by atoms with Crippen LogP contribution in [0.5, 0.6) is 0 Å². The summed E-state index contributed by atoms with van der Waals surface area (Å²) in [5.41, 5.74) is 5.19. The Labute approximate surface area is 161 Å². The minimum Gasteiger partial charge on any atom is -0.394 e. The first-order valence-electron chi connectivity index (χ1n) is 9.28. The average Bonchev–Trinajstić information content (AvgIpc) is 3.41. The predicted molar refractivity (Wildman–Crippen MR) is 104 cm³/mol. The third-order valence-electron chi connectivity index (χ3n) is 5.08. The van der Waals surface area contributed by atoms with Crippen LogP contribution in [0.15, 0.2) is 61.4 Å². The van der Waals surface area contributed by atoms with Crippen molar-refractivity contribution >= 4 is 11.2 Å². The summed E-state index contributed by atoms with van der Waals surface area (Å²) in [4.78, 5) is 17.9. The molecule has 3 aromatic heterocycles. The first-order valence-corrected chi connectivity index (χ1v) is 9.28. The van der Waals surface area contributed by atoms with E-state index in [2.05, 4.69) is 38.1 Å². The van der Waals surface area contributed by atoms with E-state index in [1.165, 1.54) is 0 Å². The Morgan fingerprint density at radius 3 is 2.68 bits per heavy atom. The van der Waals surface area contributed by atoms with Gasteiger partial charge in [-0.05, 0) is 24.5 Å². The third-order valence-corrected chi connectivity index (χ3v) is 5.08. The number of ether oxygens (including phenoxy) is 1. The van der Waals surface area contributed by atoms with Crippen LogP contribution < -0.4 is 0 Å². The van der Waals surface area contributed by atoms with Crippen molar-refractivity contribution < 1.29 is 9.84 Å². The molecule has 2 unspecified atom stereocenters. The lowest BCUT2D eigenvalue weighted by Gasteiger charge is -2.13. The van der Waals surface area contributed by atoms with Crippen molar-refractivity contribution in [3.63, 3.8) is 0 Å². The van der Waals surface area contributed by atoms with Gasteiger partial charge in [-0.25, -0.2) is 15.0 Å². The quantitative estimate of drug-likeness (QED) is 0.591. The van der Waals surface area contributed by atoms with Gasteiger partial charge in [0.25, 0.3) is 0 Å². The maximum atomic E-state index is 9.32. The van der Waals surface area contributed by atoms with Crippen LogP contribution in [0.2, 0.25) is 0 Å². The van der Waals surface area contributed by atoms with Crippen molar-refractivity contribution in [2.45, 2.75) is 25.2 Å². The molecule has 4 heterocycles. The first kappa shape index (κ1) is 17.0. The van der Waals surface area contributed by atoms with Gasteiger partial charge in [0.1, 0.15) is 23.8 Å². The molecule has 5 rings (SSSR count). The topological polar surface area (TPSA) is 86.0 Å². The fourth-order valence-electron chi connectivity index (χ4n) is 3.66. The van der Waals surface area contributed by atoms with Crippen LogP contribution in [0.4, 0.5) is 0 Å². The number of hydrogen-bond donors (Lipinski definition) is 1. The Morgan fingerprint density at radius 1 is 1.00 bits per heavy atom. The van der Waals surface area contributed by atoms with Crippen molar-refractivity contribution in [1.82, 2.24) is 24.5 Å². The van der Waals surface area contributed by atoms with E-state index >= 15 is 0 Å². The molecule has 4 aromatic rings. The van der Waals surface area contributed by atoms with Crippen LogP contribution in [0.1, 0.15) is 19.1 Å². The molecule has 0 aliphatic carbocycles. The molecule has 0 amide bonds. The fourth-order valence-corrected chi connectivity index (χ4v) is 3.66. The molecule has 140 valence electrons. The highest BCUT2D eigenvalue weighted by atomic mass is 16.5. The van der Waals surface area contributed by atoms with E-state index in [4.69, 9.17) is 4.74 Å². The Kier molecular flexibility index (Phi) is 4.31. The number of aliphatic hydroxyl groups excluding tert-OH is 1. The molecule has 0 radical (unpaired) electrons. The molecule has 1 fully saturated rings. The number of aromatic nitrogens is 5. The zero-order chi connectivity index (χ0) is 18.9. The van der Waals surface area contributed by atoms with Crippen LogP contribution in [0.3, 0.4) is 0 Å². The van der Waals surface area contributed by atoms with Crippen molar-refractivity contribution in [2.24, 2.45) is 0 Å². The van der Waals surface area contributed by atoms with Gasteiger partial charge in [-0.1, -0.05) is 30.3 Å². The van der Waals surface area contributed by atoms with Crippen molar-refractivity contribution in [1.29, 1.82) is 0 Å². The molecule has 7 heteroatoms. The zero-order valence-corrected chi connectivity index (χ0v) is 15.1. The molecule has 28 heavy (non-hydrogen) atoms. The molecule has 2 atom stereocenters. The lowest BCUT2D eigenvalue weighted by atomic mass is 10.0. The monoisotopic (exact) mass is 373 g/mol. The smallest absolute Gasteiger partial charge is 0.165 e. The molecular formula is C21H19N5O2. The second kappa shape index (κ2) is 7.10. The molecule has 7 nitrogen and oxygen atoms in total. The molecule has 1 aliphatic heterocycles. The van der Waals surface area contributed by atoms with Gasteiger partial charge in [-0.15, -0.1) is 0 Å². The van der Waals surface area contributed by atoms with Crippen LogP contribution in [-0.4, -0.2) is 42.3 Å². The number of benzene rings is 1. The molecule has 1 aliphatic rings. The SMILES string of the molecule is OCC1CCC(n2cnc3c(-c4cncc(-c5ccccc5)c4)ncnc32)O1. The number of imidazole rings is 1. The highest BCUT2D eigenvalue weighted by Gasteiger charge is 2.28. The summed E-state index contributed by atoms with van der Waals surface area (Å²) in [6.45, 7) is 0.0291. The zero-order valence-electron chi connectivity index (χ0n) is 15.1. The summed E-state index contributed by atoms with van der Waals surface area (Å²) >= 11 is 0. The number of rotatable bonds is 4. The van der Waals surface area contributed by atoms with Gasteiger partial charge in [0.2, 0.25) is 0 Å². The molecule has 0 saturated carbocycles. The Bertz CT molecular complexity index is 1110. The number of aliphatic hydroxyl groups is 1. The van der Waals surface area contributed by atoms with Crippen molar-refractivity contribution in [2.75, 3.05) is 6.61 Å². The molecule has 0 bridgehead atoms. The maximum absolute atomic E-state index is 9.32. The van der Waals surface area contributed by atoms with Crippen molar-refractivity contribution in [3.05, 3.63) is 61.4 Å². The lowest BCUT2D eigenvalue weighted by molar-refractivity contribution is -0.0207. The molecule has 1 aromatic carbocycles. The van der Waals surface area contributed by atoms with E-state index in [-0.39, 0.29) is 18.9 Å². The molecule has 1 saturated heterocycles. The van der Waals surface area contributed by atoms with Gasteiger partial charge < -0.3 is 9.84 Å². The normalized spacial score (nSPS) is 19.3. The van der Waals surface area contributed by atoms with E-state index < -0.39 is 0 Å². The summed E-state index contributed by atoms with van der Waals surface area (Å²) in [6.07, 6.45) is 8.26. The van der Waals surface area contributed by atoms with Gasteiger partial charge in [-0.3, -0.25) is 9.55 Å². The van der Waals surface area contributed by atoms with E-state index in [1.807, 2.05) is 29.0 Å². The van der Waals surface area contributed by atoms with Gasteiger partial charge in [0.05, 0.1) is 19.0 Å². The van der Waals surface area contributed by atoms with Gasteiger partial charge in [0.15, 0.2) is 5.65 Å². The maximum Gasteiger partial charge on any atom is 0.165 e. The highest BCUT2D eigenvalue weighted by molar-refractivity contribution is 5.88. The second-order valence-electron chi connectivity index (χ2n) is 6.85. The largest absolute Gasteiger partial charge is 0.394 e. The number of nitrogens with zero attached hydrogens (tertiary/aromatic N) is 5. The van der Waals surface area contributed by atoms with E-state index in [0.29, 0.717) is 5.52 Å². The van der Waals surface area contributed by atoms with Crippen LogP contribution in [0, 0.1) is 0 Å². The summed E-state index contributed by atoms with van der Waals surface area (Å²) in [5, 5.41) is 9.32. The lowest BCUT2D eigenvalue weighted by Crippen LogP contribution is -2.14. The molecular weight excluding hydrogens is 354 g/mol. The minimum absolute atomic E-state index is 0.0291. The Hall–Kier alpha value is -3.16. The number of pyridine rings is 1. The van der Waals surface area contributed by atoms with Crippen molar-refractivity contribution in [3.8, 4) is 22.4 Å². The first-order chi connectivity index (χ1) is 13.8. The molecule has 1 N–H and O–H groups in total. The van der Waals surface area contributed by atoms with Crippen LogP contribution in [-0.2, 0) is 4.74 Å². The second-order valence-corrected chi connectivity index (χ2v) is 6.85. The van der Waals surface area contributed by atoms with Crippen LogP contribution in [0.25, 0.3) is 33.5 Å². The van der Waals surface area contributed by atoms with Gasteiger partial charge in [0, 0.05) is 23.5 Å². The van der Waals surface area contributed by atoms with Crippen LogP contribution >= 0.6 is 0 Å². The van der Waals surface area contributed by atoms with E-state index in [0.717, 1.165) is 40.9 Å². The Morgan fingerprint density at radius 2 is 1.86 bits per heavy atom. The fraction of sp³-hybridized carbons (Fsp3) is 0.238. The highest BCUT2D eigenvalue weighted by Crippen LogP contribution is 2.32. The summed E-state index contributed by atoms with van der Waals surface area (Å²) in [6, 6.07) is 12.2. The predicted octanol–water partition coefficient (Wildman–Crippen LogP) is 3.23. The van der Waals surface area contributed by atoms with E-state index in [9.17, 15) is 5.11 Å². The summed E-state index contributed by atoms with van der Waals surface area (Å²) in [5.74, 6) is 0. The summed E-state index contributed by atoms with van der Waals surface area (Å²) < 4.78 is 7.81. The summed E-state index contributed by atoms with van der Waals surface area (Å²) in [7, 11) is 0. The number of hydrogen-bond acceptors (Lipinski definition) is 6. The standard InChI is InChI=1S/C21H19N5O2/c27-11-17-6-7-18(28-17)26-13-25-20-19(23-12-24-21(20)26)16-8-15(9-22-10-16)14-4-2-1-3-5-14/h1-5,8-10,12-13,17-18,27H,6-7,11H2.